The number of aryl methyl sites for hydroxylation is 1. The van der Waals surface area contributed by atoms with Gasteiger partial charge in [-0.1, -0.05) is 36.4 Å². The van der Waals surface area contributed by atoms with Crippen molar-refractivity contribution >= 4 is 21.8 Å². The van der Waals surface area contributed by atoms with Crippen LogP contribution in [0, 0.1) is 6.92 Å². The molecule has 2 heteroatoms. The van der Waals surface area contributed by atoms with Gasteiger partial charge in [-0.3, -0.25) is 0 Å². The summed E-state index contributed by atoms with van der Waals surface area (Å²) in [6.45, 7) is 2.13. The van der Waals surface area contributed by atoms with Crippen LogP contribution in [0.1, 0.15) is 5.56 Å². The summed E-state index contributed by atoms with van der Waals surface area (Å²) in [5, 5.41) is 2.52. The fraction of sp³-hybridized carbons (Fsp3) is 0.0588. The Morgan fingerprint density at radius 2 is 1.84 bits per heavy atom. The Balaban J connectivity index is 2.01. The highest BCUT2D eigenvalue weighted by molar-refractivity contribution is 5.98. The van der Waals surface area contributed by atoms with Crippen LogP contribution in [0.5, 0.6) is 0 Å². The molecule has 0 amide bonds. The summed E-state index contributed by atoms with van der Waals surface area (Å²) in [5.41, 5.74) is 6.07. The van der Waals surface area contributed by atoms with E-state index in [1.165, 1.54) is 32.9 Å². The maximum atomic E-state index is 3.49. The van der Waals surface area contributed by atoms with Crippen LogP contribution >= 0.6 is 0 Å². The first kappa shape index (κ1) is 10.4. The van der Waals surface area contributed by atoms with Crippen LogP contribution < -0.4 is 0 Å². The minimum Gasteiger partial charge on any atom is -0.360 e. The first-order valence-corrected chi connectivity index (χ1v) is 6.48. The smallest absolute Gasteiger partial charge is 0.0490 e. The molecule has 19 heavy (non-hydrogen) atoms. The highest BCUT2D eigenvalue weighted by Gasteiger charge is 2.09. The van der Waals surface area contributed by atoms with Crippen LogP contribution in [-0.2, 0) is 0 Å². The molecule has 0 aliphatic rings. The van der Waals surface area contributed by atoms with Crippen molar-refractivity contribution < 1.29 is 0 Å². The van der Waals surface area contributed by atoms with Gasteiger partial charge in [-0.15, -0.1) is 0 Å². The van der Waals surface area contributed by atoms with Gasteiger partial charge >= 0.3 is 0 Å². The van der Waals surface area contributed by atoms with Gasteiger partial charge < -0.3 is 9.97 Å². The number of hydrogen-bond acceptors (Lipinski definition) is 0. The van der Waals surface area contributed by atoms with Gasteiger partial charge in [0.2, 0.25) is 0 Å². The van der Waals surface area contributed by atoms with Crippen LogP contribution in [0.15, 0.2) is 54.7 Å². The number of nitrogens with one attached hydrogen (secondary N) is 2. The molecule has 0 unspecified atom stereocenters. The van der Waals surface area contributed by atoms with E-state index in [0.717, 1.165) is 5.69 Å². The van der Waals surface area contributed by atoms with Gasteiger partial charge in [0.25, 0.3) is 0 Å². The summed E-state index contributed by atoms with van der Waals surface area (Å²) < 4.78 is 0. The minimum absolute atomic E-state index is 1.16. The summed E-state index contributed by atoms with van der Waals surface area (Å²) in [6, 6.07) is 17.0. The lowest BCUT2D eigenvalue weighted by molar-refractivity contribution is 1.41. The summed E-state index contributed by atoms with van der Waals surface area (Å²) in [5.74, 6) is 0. The van der Waals surface area contributed by atoms with Crippen molar-refractivity contribution in [3.8, 4) is 11.3 Å². The molecule has 2 nitrogen and oxygen atoms in total. The van der Waals surface area contributed by atoms with E-state index in [1.54, 1.807) is 0 Å². The third kappa shape index (κ3) is 1.50. The summed E-state index contributed by atoms with van der Waals surface area (Å²) in [7, 11) is 0. The summed E-state index contributed by atoms with van der Waals surface area (Å²) >= 11 is 0. The maximum Gasteiger partial charge on any atom is 0.0490 e. The molecule has 0 radical (unpaired) electrons. The third-order valence-electron chi connectivity index (χ3n) is 3.74. The zero-order valence-corrected chi connectivity index (χ0v) is 10.7. The lowest BCUT2D eigenvalue weighted by Crippen LogP contribution is -1.76. The van der Waals surface area contributed by atoms with E-state index in [0.29, 0.717) is 0 Å². The van der Waals surface area contributed by atoms with Crippen molar-refractivity contribution in [3.63, 3.8) is 0 Å². The van der Waals surface area contributed by atoms with E-state index in [2.05, 4.69) is 71.6 Å². The van der Waals surface area contributed by atoms with Crippen molar-refractivity contribution in [2.24, 2.45) is 0 Å². The van der Waals surface area contributed by atoms with Crippen LogP contribution in [0.3, 0.4) is 0 Å². The average molecular weight is 246 g/mol. The number of benzene rings is 2. The molecule has 0 saturated carbocycles. The lowest BCUT2D eigenvalue weighted by Gasteiger charge is -1.97. The van der Waals surface area contributed by atoms with Gasteiger partial charge in [-0.05, 0) is 24.6 Å². The average Bonchev–Trinajstić information content (AvgIpc) is 3.02. The number of aromatic amines is 2. The van der Waals surface area contributed by atoms with E-state index >= 15 is 0 Å². The van der Waals surface area contributed by atoms with Gasteiger partial charge in [-0.2, -0.15) is 0 Å². The molecule has 0 saturated heterocycles. The fourth-order valence-electron chi connectivity index (χ4n) is 2.75. The van der Waals surface area contributed by atoms with Crippen LogP contribution in [-0.4, -0.2) is 9.97 Å². The predicted octanol–water partition coefficient (Wildman–Crippen LogP) is 4.62. The summed E-state index contributed by atoms with van der Waals surface area (Å²) in [4.78, 5) is 6.87. The Morgan fingerprint density at radius 3 is 2.74 bits per heavy atom. The number of hydrogen-bond donors (Lipinski definition) is 2. The van der Waals surface area contributed by atoms with Gasteiger partial charge in [0, 0.05) is 39.3 Å². The Bertz CT molecular complexity index is 847. The molecule has 0 bridgehead atoms. The molecule has 0 aliphatic heterocycles. The Hall–Kier alpha value is -2.48. The highest BCUT2D eigenvalue weighted by Crippen LogP contribution is 2.31. The maximum absolute atomic E-state index is 3.49. The number of aromatic nitrogens is 2. The zero-order chi connectivity index (χ0) is 12.8. The first-order valence-electron chi connectivity index (χ1n) is 6.48. The molecule has 0 atom stereocenters. The van der Waals surface area contributed by atoms with Crippen LogP contribution in [0.2, 0.25) is 0 Å². The number of para-hydroxylation sites is 2. The molecule has 0 aliphatic carbocycles. The van der Waals surface area contributed by atoms with Crippen molar-refractivity contribution in [2.45, 2.75) is 6.92 Å². The molecule has 0 fully saturated rings. The predicted molar refractivity (Wildman–Crippen MR) is 80.3 cm³/mol. The summed E-state index contributed by atoms with van der Waals surface area (Å²) in [6.07, 6.45) is 2.09. The van der Waals surface area contributed by atoms with Crippen molar-refractivity contribution in [1.82, 2.24) is 9.97 Å². The van der Waals surface area contributed by atoms with E-state index < -0.39 is 0 Å². The highest BCUT2D eigenvalue weighted by atomic mass is 14.7. The van der Waals surface area contributed by atoms with E-state index in [1.807, 2.05) is 0 Å². The van der Waals surface area contributed by atoms with Gasteiger partial charge in [0.15, 0.2) is 0 Å². The van der Waals surface area contributed by atoms with Gasteiger partial charge in [0.1, 0.15) is 0 Å². The monoisotopic (exact) mass is 246 g/mol. The van der Waals surface area contributed by atoms with E-state index in [9.17, 15) is 0 Å². The normalized spacial score (nSPS) is 11.4. The quantitative estimate of drug-likeness (QED) is 0.491. The number of fused-ring (bicyclic) bond motifs is 2. The van der Waals surface area contributed by atoms with Crippen molar-refractivity contribution in [2.75, 3.05) is 0 Å². The molecule has 2 N–H and O–H groups in total. The largest absolute Gasteiger partial charge is 0.360 e. The zero-order valence-electron chi connectivity index (χ0n) is 10.7. The Morgan fingerprint density at radius 1 is 0.947 bits per heavy atom. The SMILES string of the molecule is Cc1cccc2c(-c3cc4ccccc4[nH]3)c[nH]c12. The lowest BCUT2D eigenvalue weighted by atomic mass is 10.1. The van der Waals surface area contributed by atoms with Crippen LogP contribution in [0.4, 0.5) is 0 Å². The van der Waals surface area contributed by atoms with E-state index in [-0.39, 0.29) is 0 Å². The second-order valence-electron chi connectivity index (χ2n) is 4.97. The number of rotatable bonds is 1. The Kier molecular flexibility index (Phi) is 2.06. The molecule has 92 valence electrons. The molecule has 2 aromatic heterocycles. The molecule has 0 spiro atoms. The molecule has 2 heterocycles. The molecule has 2 aromatic carbocycles. The third-order valence-corrected chi connectivity index (χ3v) is 3.74. The minimum atomic E-state index is 1.16. The Labute approximate surface area is 111 Å². The van der Waals surface area contributed by atoms with Crippen LogP contribution in [0.25, 0.3) is 33.1 Å². The van der Waals surface area contributed by atoms with Crippen molar-refractivity contribution in [1.29, 1.82) is 0 Å². The topological polar surface area (TPSA) is 31.6 Å². The van der Waals surface area contributed by atoms with E-state index in [4.69, 9.17) is 0 Å². The second kappa shape index (κ2) is 3.75. The molecular weight excluding hydrogens is 232 g/mol. The van der Waals surface area contributed by atoms with Crippen molar-refractivity contribution in [3.05, 3.63) is 60.3 Å². The molecule has 4 rings (SSSR count). The van der Waals surface area contributed by atoms with Gasteiger partial charge in [0.05, 0.1) is 0 Å². The standard InChI is InChI=1S/C17H14N2/c1-11-5-4-7-13-14(10-18-17(11)13)16-9-12-6-2-3-8-15(12)19-16/h2-10,18-19H,1H3. The second-order valence-corrected chi connectivity index (χ2v) is 4.97. The number of H-pyrrole nitrogens is 2. The van der Waals surface area contributed by atoms with Gasteiger partial charge in [-0.25, -0.2) is 0 Å². The molecular formula is C17H14N2. The molecule has 4 aromatic rings. The fourth-order valence-corrected chi connectivity index (χ4v) is 2.75. The first-order chi connectivity index (χ1) is 9.33.